The Morgan fingerprint density at radius 2 is 1.85 bits per heavy atom. The van der Waals surface area contributed by atoms with Crippen molar-refractivity contribution in [3.63, 3.8) is 0 Å². The average Bonchev–Trinajstić information content (AvgIpc) is 2.46. The van der Waals surface area contributed by atoms with Crippen LogP contribution < -0.4 is 4.90 Å². The van der Waals surface area contributed by atoms with Crippen molar-refractivity contribution in [2.75, 3.05) is 32.6 Å². The van der Waals surface area contributed by atoms with Gasteiger partial charge in [0.05, 0.1) is 0 Å². The highest BCUT2D eigenvalue weighted by Crippen LogP contribution is 2.14. The van der Waals surface area contributed by atoms with Gasteiger partial charge in [0.15, 0.2) is 0 Å². The molecule has 1 heterocycles. The SMILES string of the molecule is CN(CCc1ccccn1)Cc1cccc(N(C)C)c1. The van der Waals surface area contributed by atoms with E-state index >= 15 is 0 Å². The Morgan fingerprint density at radius 1 is 1.00 bits per heavy atom. The van der Waals surface area contributed by atoms with E-state index in [1.165, 1.54) is 11.3 Å². The number of aromatic nitrogens is 1. The summed E-state index contributed by atoms with van der Waals surface area (Å²) in [4.78, 5) is 8.83. The minimum Gasteiger partial charge on any atom is -0.378 e. The van der Waals surface area contributed by atoms with Crippen LogP contribution in [0.15, 0.2) is 48.7 Å². The molecule has 0 aliphatic carbocycles. The van der Waals surface area contributed by atoms with Gasteiger partial charge in [0.2, 0.25) is 0 Å². The lowest BCUT2D eigenvalue weighted by molar-refractivity contribution is 0.330. The largest absolute Gasteiger partial charge is 0.378 e. The van der Waals surface area contributed by atoms with Crippen LogP contribution in [0.2, 0.25) is 0 Å². The Kier molecular flexibility index (Phi) is 5.13. The first-order chi connectivity index (χ1) is 9.65. The predicted molar refractivity (Wildman–Crippen MR) is 85.0 cm³/mol. The second kappa shape index (κ2) is 7.06. The van der Waals surface area contributed by atoms with Gasteiger partial charge in [0, 0.05) is 51.2 Å². The van der Waals surface area contributed by atoms with Crippen molar-refractivity contribution in [2.45, 2.75) is 13.0 Å². The molecule has 0 spiro atoms. The van der Waals surface area contributed by atoms with Crippen molar-refractivity contribution in [3.8, 4) is 0 Å². The molecule has 3 heteroatoms. The van der Waals surface area contributed by atoms with E-state index in [1.807, 2.05) is 18.3 Å². The zero-order valence-corrected chi connectivity index (χ0v) is 12.6. The molecule has 0 saturated heterocycles. The van der Waals surface area contributed by atoms with Crippen molar-refractivity contribution in [2.24, 2.45) is 0 Å². The standard InChI is InChI=1S/C17H23N3/c1-19(2)17-9-6-7-15(13-17)14-20(3)12-10-16-8-4-5-11-18-16/h4-9,11,13H,10,12,14H2,1-3H3. The Morgan fingerprint density at radius 3 is 2.55 bits per heavy atom. The highest BCUT2D eigenvalue weighted by Gasteiger charge is 2.03. The second-order valence-electron chi connectivity index (χ2n) is 5.37. The molecule has 3 nitrogen and oxygen atoms in total. The molecular weight excluding hydrogens is 246 g/mol. The smallest absolute Gasteiger partial charge is 0.0416 e. The third-order valence-electron chi connectivity index (χ3n) is 3.36. The molecule has 1 aromatic carbocycles. The van der Waals surface area contributed by atoms with Crippen molar-refractivity contribution in [1.82, 2.24) is 9.88 Å². The second-order valence-corrected chi connectivity index (χ2v) is 5.37. The summed E-state index contributed by atoms with van der Waals surface area (Å²) in [5.74, 6) is 0. The van der Waals surface area contributed by atoms with Gasteiger partial charge in [0.25, 0.3) is 0 Å². The first-order valence-corrected chi connectivity index (χ1v) is 7.00. The van der Waals surface area contributed by atoms with Crippen molar-refractivity contribution in [1.29, 1.82) is 0 Å². The topological polar surface area (TPSA) is 19.4 Å². The average molecular weight is 269 g/mol. The molecule has 0 atom stereocenters. The van der Waals surface area contributed by atoms with Crippen LogP contribution in [-0.4, -0.2) is 37.6 Å². The van der Waals surface area contributed by atoms with E-state index in [2.05, 4.69) is 66.3 Å². The van der Waals surface area contributed by atoms with Gasteiger partial charge in [-0.15, -0.1) is 0 Å². The van der Waals surface area contributed by atoms with Gasteiger partial charge in [-0.2, -0.15) is 0 Å². The molecule has 0 radical (unpaired) electrons. The van der Waals surface area contributed by atoms with E-state index in [4.69, 9.17) is 0 Å². The van der Waals surface area contributed by atoms with Gasteiger partial charge in [-0.05, 0) is 36.9 Å². The molecule has 106 valence electrons. The number of likely N-dealkylation sites (N-methyl/N-ethyl adjacent to an activating group) is 1. The highest BCUT2D eigenvalue weighted by atomic mass is 15.1. The summed E-state index contributed by atoms with van der Waals surface area (Å²) < 4.78 is 0. The fourth-order valence-electron chi connectivity index (χ4n) is 2.18. The van der Waals surface area contributed by atoms with Gasteiger partial charge in [0.1, 0.15) is 0 Å². The Hall–Kier alpha value is -1.87. The zero-order chi connectivity index (χ0) is 14.4. The van der Waals surface area contributed by atoms with Crippen LogP contribution in [0.3, 0.4) is 0 Å². The van der Waals surface area contributed by atoms with Gasteiger partial charge in [-0.3, -0.25) is 4.98 Å². The Bertz CT molecular complexity index is 523. The molecule has 2 rings (SSSR count). The quantitative estimate of drug-likeness (QED) is 0.804. The summed E-state index contributed by atoms with van der Waals surface area (Å²) in [5, 5.41) is 0. The molecule has 0 bridgehead atoms. The molecule has 20 heavy (non-hydrogen) atoms. The Labute approximate surface area is 121 Å². The molecule has 0 aliphatic heterocycles. The van der Waals surface area contributed by atoms with Crippen LogP contribution in [0.1, 0.15) is 11.3 Å². The summed E-state index contributed by atoms with van der Waals surface area (Å²) in [6.07, 6.45) is 2.85. The van der Waals surface area contributed by atoms with Gasteiger partial charge < -0.3 is 9.80 Å². The minimum atomic E-state index is 0.967. The number of hydrogen-bond acceptors (Lipinski definition) is 3. The molecule has 0 fully saturated rings. The summed E-state index contributed by atoms with van der Waals surface area (Å²) >= 11 is 0. The maximum Gasteiger partial charge on any atom is 0.0416 e. The molecular formula is C17H23N3. The van der Waals surface area contributed by atoms with Crippen LogP contribution in [0.5, 0.6) is 0 Å². The fraction of sp³-hybridized carbons (Fsp3) is 0.353. The number of benzene rings is 1. The van der Waals surface area contributed by atoms with Crippen LogP contribution in [0.25, 0.3) is 0 Å². The zero-order valence-electron chi connectivity index (χ0n) is 12.6. The van der Waals surface area contributed by atoms with E-state index in [-0.39, 0.29) is 0 Å². The van der Waals surface area contributed by atoms with E-state index < -0.39 is 0 Å². The lowest BCUT2D eigenvalue weighted by Gasteiger charge is -2.18. The predicted octanol–water partition coefficient (Wildman–Crippen LogP) is 2.82. The van der Waals surface area contributed by atoms with E-state index in [9.17, 15) is 0 Å². The lowest BCUT2D eigenvalue weighted by atomic mass is 10.1. The third-order valence-corrected chi connectivity index (χ3v) is 3.36. The van der Waals surface area contributed by atoms with Crippen LogP contribution in [0.4, 0.5) is 5.69 Å². The van der Waals surface area contributed by atoms with Gasteiger partial charge in [-0.25, -0.2) is 0 Å². The van der Waals surface area contributed by atoms with Crippen molar-refractivity contribution in [3.05, 3.63) is 59.9 Å². The van der Waals surface area contributed by atoms with E-state index in [1.54, 1.807) is 0 Å². The number of pyridine rings is 1. The van der Waals surface area contributed by atoms with Gasteiger partial charge >= 0.3 is 0 Å². The summed E-state index contributed by atoms with van der Waals surface area (Å²) in [5.41, 5.74) is 3.75. The minimum absolute atomic E-state index is 0.967. The third kappa shape index (κ3) is 4.35. The molecule has 0 amide bonds. The van der Waals surface area contributed by atoms with Crippen LogP contribution in [-0.2, 0) is 13.0 Å². The molecule has 0 aliphatic rings. The van der Waals surface area contributed by atoms with Crippen LogP contribution >= 0.6 is 0 Å². The first kappa shape index (κ1) is 14.5. The first-order valence-electron chi connectivity index (χ1n) is 7.00. The normalized spacial score (nSPS) is 10.8. The summed E-state index contributed by atoms with van der Waals surface area (Å²) in [6, 6.07) is 14.8. The van der Waals surface area contributed by atoms with E-state index in [0.29, 0.717) is 0 Å². The molecule has 0 N–H and O–H groups in total. The summed E-state index contributed by atoms with van der Waals surface area (Å²) in [6.45, 7) is 1.98. The summed E-state index contributed by atoms with van der Waals surface area (Å²) in [7, 11) is 6.30. The maximum absolute atomic E-state index is 4.36. The Balaban J connectivity index is 1.88. The highest BCUT2D eigenvalue weighted by molar-refractivity contribution is 5.47. The number of nitrogens with zero attached hydrogens (tertiary/aromatic N) is 3. The molecule has 0 unspecified atom stereocenters. The monoisotopic (exact) mass is 269 g/mol. The number of anilines is 1. The van der Waals surface area contributed by atoms with Crippen molar-refractivity contribution >= 4 is 5.69 Å². The fourth-order valence-corrected chi connectivity index (χ4v) is 2.18. The van der Waals surface area contributed by atoms with Crippen LogP contribution in [0, 0.1) is 0 Å². The molecule has 0 saturated carbocycles. The van der Waals surface area contributed by atoms with E-state index in [0.717, 1.165) is 25.2 Å². The maximum atomic E-state index is 4.36. The number of rotatable bonds is 6. The number of hydrogen-bond donors (Lipinski definition) is 0. The molecule has 2 aromatic rings. The van der Waals surface area contributed by atoms with Gasteiger partial charge in [-0.1, -0.05) is 18.2 Å². The lowest BCUT2D eigenvalue weighted by Crippen LogP contribution is -2.21. The molecule has 1 aromatic heterocycles. The van der Waals surface area contributed by atoms with Crippen molar-refractivity contribution < 1.29 is 0 Å².